The van der Waals surface area contributed by atoms with Gasteiger partial charge >= 0.3 is 35.6 Å². The minimum absolute atomic E-state index is 0.286. The molecule has 0 spiro atoms. The van der Waals surface area contributed by atoms with Crippen molar-refractivity contribution >= 4 is 46.6 Å². The zero-order valence-electron chi connectivity index (χ0n) is 20.9. The van der Waals surface area contributed by atoms with Crippen LogP contribution in [0.2, 0.25) is 0 Å². The molecule has 0 radical (unpaired) electrons. The van der Waals surface area contributed by atoms with E-state index in [0.29, 0.717) is 17.8 Å². The summed E-state index contributed by atoms with van der Waals surface area (Å²) in [5.74, 6) is -7.30. The predicted molar refractivity (Wildman–Crippen MR) is 133 cm³/mol. The van der Waals surface area contributed by atoms with Crippen LogP contribution in [0, 0.1) is 0 Å². The smallest absolute Gasteiger partial charge is 0.414 e. The van der Waals surface area contributed by atoms with Gasteiger partial charge in [0.05, 0.1) is 19.8 Å². The molecule has 2 heterocycles. The quantitative estimate of drug-likeness (QED) is 0.151. The molecule has 214 valence electrons. The van der Waals surface area contributed by atoms with E-state index < -0.39 is 35.6 Å². The van der Waals surface area contributed by atoms with Crippen molar-refractivity contribution in [3.8, 4) is 0 Å². The maximum atomic E-state index is 11.9. The standard InChI is InChI=1S/C19H25N3O5.2C2H2O4/c1-2-26-19(24)21-15-3-4-16-14(11-18(23)27-17(16)12-15)13-20-5-6-22-7-9-25-10-8-22;2*3-1(4)2(5)6/h3-4,11-12,20H,2,5-10,13H2,1H3,(H,21,24);2*(H,3,4)(H,5,6). The molecular weight excluding hydrogens is 526 g/mol. The second-order valence-corrected chi connectivity index (χ2v) is 7.50. The van der Waals surface area contributed by atoms with Gasteiger partial charge in [0.25, 0.3) is 0 Å². The molecule has 1 aliphatic rings. The number of rotatable bonds is 7. The third kappa shape index (κ3) is 13.0. The van der Waals surface area contributed by atoms with E-state index >= 15 is 0 Å². The number of carbonyl (C=O) groups is 5. The van der Waals surface area contributed by atoms with Gasteiger partial charge in [0.1, 0.15) is 5.58 Å². The number of amides is 1. The topological polar surface area (TPSA) is 242 Å². The highest BCUT2D eigenvalue weighted by molar-refractivity contribution is 6.27. The van der Waals surface area contributed by atoms with Crippen LogP contribution in [0.3, 0.4) is 0 Å². The number of anilines is 1. The molecule has 1 aliphatic heterocycles. The fraction of sp³-hybridized carbons (Fsp3) is 0.391. The monoisotopic (exact) mass is 555 g/mol. The number of hydrogen-bond donors (Lipinski definition) is 6. The van der Waals surface area contributed by atoms with Crippen LogP contribution >= 0.6 is 0 Å². The van der Waals surface area contributed by atoms with Gasteiger partial charge in [-0.25, -0.2) is 28.8 Å². The highest BCUT2D eigenvalue weighted by atomic mass is 16.5. The number of carboxylic acid groups (broad SMARTS) is 4. The van der Waals surface area contributed by atoms with Crippen LogP contribution in [0.25, 0.3) is 11.0 Å². The van der Waals surface area contributed by atoms with Gasteiger partial charge in [-0.2, -0.15) is 0 Å². The molecule has 1 fully saturated rings. The molecule has 0 saturated carbocycles. The summed E-state index contributed by atoms with van der Waals surface area (Å²) in [6, 6.07) is 6.72. The molecule has 2 aromatic rings. The van der Waals surface area contributed by atoms with Crippen LogP contribution in [-0.2, 0) is 35.2 Å². The molecule has 0 atom stereocenters. The molecule has 1 saturated heterocycles. The van der Waals surface area contributed by atoms with E-state index in [-0.39, 0.29) is 6.61 Å². The zero-order chi connectivity index (χ0) is 29.4. The van der Waals surface area contributed by atoms with Gasteiger partial charge in [-0.15, -0.1) is 0 Å². The lowest BCUT2D eigenvalue weighted by atomic mass is 10.1. The van der Waals surface area contributed by atoms with Crippen LogP contribution in [-0.4, -0.2) is 101 Å². The molecular formula is C23H29N3O13. The summed E-state index contributed by atoms with van der Waals surface area (Å²) in [4.78, 5) is 62.2. The Labute approximate surface area is 220 Å². The molecule has 1 amide bonds. The zero-order valence-corrected chi connectivity index (χ0v) is 20.9. The normalized spacial score (nSPS) is 12.6. The second-order valence-electron chi connectivity index (χ2n) is 7.50. The Bertz CT molecular complexity index is 1160. The van der Waals surface area contributed by atoms with E-state index in [1.165, 1.54) is 6.07 Å². The number of morpholine rings is 1. The fourth-order valence-electron chi connectivity index (χ4n) is 3.02. The summed E-state index contributed by atoms with van der Waals surface area (Å²) < 4.78 is 15.5. The summed E-state index contributed by atoms with van der Waals surface area (Å²) in [5.41, 5.74) is 1.40. The van der Waals surface area contributed by atoms with Gasteiger partial charge in [0.2, 0.25) is 0 Å². The van der Waals surface area contributed by atoms with Gasteiger partial charge in [0, 0.05) is 55.9 Å². The molecule has 39 heavy (non-hydrogen) atoms. The summed E-state index contributed by atoms with van der Waals surface area (Å²) in [6.45, 7) is 7.83. The number of fused-ring (bicyclic) bond motifs is 1. The largest absolute Gasteiger partial charge is 0.473 e. The Morgan fingerprint density at radius 3 is 2.08 bits per heavy atom. The average Bonchev–Trinajstić information content (AvgIpc) is 2.87. The lowest BCUT2D eigenvalue weighted by molar-refractivity contribution is -0.159. The van der Waals surface area contributed by atoms with Crippen molar-refractivity contribution in [1.29, 1.82) is 0 Å². The highest BCUT2D eigenvalue weighted by Crippen LogP contribution is 2.21. The van der Waals surface area contributed by atoms with E-state index in [1.54, 1.807) is 19.1 Å². The van der Waals surface area contributed by atoms with Crippen LogP contribution in [0.5, 0.6) is 0 Å². The van der Waals surface area contributed by atoms with E-state index in [0.717, 1.165) is 50.3 Å². The number of nitrogens with one attached hydrogen (secondary N) is 2. The van der Waals surface area contributed by atoms with Crippen LogP contribution < -0.4 is 16.3 Å². The minimum Gasteiger partial charge on any atom is -0.473 e. The second kappa shape index (κ2) is 17.1. The Morgan fingerprint density at radius 1 is 0.949 bits per heavy atom. The molecule has 6 N–H and O–H groups in total. The van der Waals surface area contributed by atoms with Gasteiger partial charge in [-0.05, 0) is 24.6 Å². The van der Waals surface area contributed by atoms with Gasteiger partial charge < -0.3 is 39.6 Å². The first kappa shape index (κ1) is 32.5. The van der Waals surface area contributed by atoms with Crippen LogP contribution in [0.4, 0.5) is 10.5 Å². The average molecular weight is 555 g/mol. The number of carboxylic acids is 4. The summed E-state index contributed by atoms with van der Waals surface area (Å²) in [7, 11) is 0. The summed E-state index contributed by atoms with van der Waals surface area (Å²) in [6.07, 6.45) is -0.542. The molecule has 1 aromatic heterocycles. The number of aliphatic carboxylic acids is 4. The maximum Gasteiger partial charge on any atom is 0.414 e. The van der Waals surface area contributed by atoms with Crippen molar-refractivity contribution in [2.75, 3.05) is 51.3 Å². The van der Waals surface area contributed by atoms with Crippen LogP contribution in [0.1, 0.15) is 12.5 Å². The molecule has 0 aliphatic carbocycles. The van der Waals surface area contributed by atoms with Crippen molar-refractivity contribution in [3.63, 3.8) is 0 Å². The maximum absolute atomic E-state index is 11.9. The first-order valence-electron chi connectivity index (χ1n) is 11.4. The lowest BCUT2D eigenvalue weighted by Crippen LogP contribution is -2.40. The Balaban J connectivity index is 0.000000530. The third-order valence-corrected chi connectivity index (χ3v) is 4.74. The molecule has 0 unspecified atom stereocenters. The van der Waals surface area contributed by atoms with Crippen molar-refractivity contribution in [3.05, 3.63) is 40.2 Å². The van der Waals surface area contributed by atoms with Gasteiger partial charge in [-0.3, -0.25) is 10.2 Å². The lowest BCUT2D eigenvalue weighted by Gasteiger charge is -2.26. The molecule has 3 rings (SSSR count). The highest BCUT2D eigenvalue weighted by Gasteiger charge is 2.11. The summed E-state index contributed by atoms with van der Waals surface area (Å²) >= 11 is 0. The van der Waals surface area contributed by atoms with Gasteiger partial charge in [0.15, 0.2) is 0 Å². The van der Waals surface area contributed by atoms with E-state index in [1.807, 2.05) is 6.07 Å². The minimum atomic E-state index is -1.82. The molecule has 0 bridgehead atoms. The number of carbonyl (C=O) groups excluding carboxylic acids is 1. The first-order chi connectivity index (χ1) is 18.4. The molecule has 16 heteroatoms. The van der Waals surface area contributed by atoms with Crippen molar-refractivity contribution < 1.29 is 58.3 Å². The predicted octanol–water partition coefficient (Wildman–Crippen LogP) is 0.0944. The molecule has 1 aromatic carbocycles. The first-order valence-corrected chi connectivity index (χ1v) is 11.4. The van der Waals surface area contributed by atoms with Crippen molar-refractivity contribution in [1.82, 2.24) is 10.2 Å². The number of nitrogens with zero attached hydrogens (tertiary/aromatic N) is 1. The van der Waals surface area contributed by atoms with Crippen molar-refractivity contribution in [2.24, 2.45) is 0 Å². The number of benzene rings is 1. The Morgan fingerprint density at radius 2 is 1.54 bits per heavy atom. The SMILES string of the molecule is CCOC(=O)Nc1ccc2c(CNCCN3CCOCC3)cc(=O)oc2c1.O=C(O)C(=O)O.O=C(O)C(=O)O. The fourth-order valence-corrected chi connectivity index (χ4v) is 3.02. The van der Waals surface area contributed by atoms with E-state index in [2.05, 4.69) is 15.5 Å². The Kier molecular flexibility index (Phi) is 14.2. The van der Waals surface area contributed by atoms with Gasteiger partial charge in [-0.1, -0.05) is 0 Å². The third-order valence-electron chi connectivity index (χ3n) is 4.74. The van der Waals surface area contributed by atoms with E-state index in [4.69, 9.17) is 53.5 Å². The molecule has 16 nitrogen and oxygen atoms in total. The van der Waals surface area contributed by atoms with Crippen LogP contribution in [0.15, 0.2) is 33.5 Å². The Hall–Kier alpha value is -4.54. The van der Waals surface area contributed by atoms with Crippen molar-refractivity contribution in [2.45, 2.75) is 13.5 Å². The number of hydrogen-bond acceptors (Lipinski definition) is 11. The number of ether oxygens (including phenoxy) is 2. The van der Waals surface area contributed by atoms with E-state index in [9.17, 15) is 9.59 Å². The summed E-state index contributed by atoms with van der Waals surface area (Å²) in [5, 5.41) is 36.4.